The van der Waals surface area contributed by atoms with Crippen LogP contribution in [-0.2, 0) is 4.79 Å². The Bertz CT molecular complexity index is 652. The van der Waals surface area contributed by atoms with E-state index in [0.29, 0.717) is 5.11 Å². The van der Waals surface area contributed by atoms with Gasteiger partial charge >= 0.3 is 0 Å². The highest BCUT2D eigenvalue weighted by atomic mass is 32.1. The number of nitrogens with zero attached hydrogens (tertiary/aromatic N) is 1. The lowest BCUT2D eigenvalue weighted by atomic mass is 9.92. The normalized spacial score (nSPS) is 17.5. The van der Waals surface area contributed by atoms with Crippen molar-refractivity contribution in [2.24, 2.45) is 0 Å². The number of ketones is 1. The molecular weight excluding hydrogens is 332 g/mol. The Balaban J connectivity index is 2.20. The van der Waals surface area contributed by atoms with Gasteiger partial charge in [0.15, 0.2) is 10.9 Å². The van der Waals surface area contributed by atoms with Crippen LogP contribution >= 0.6 is 12.2 Å². The van der Waals surface area contributed by atoms with Crippen molar-refractivity contribution in [2.45, 2.75) is 53.0 Å². The molecule has 1 heterocycles. The Morgan fingerprint density at radius 3 is 2.48 bits per heavy atom. The van der Waals surface area contributed by atoms with Crippen LogP contribution in [-0.4, -0.2) is 28.9 Å². The van der Waals surface area contributed by atoms with Gasteiger partial charge in [-0.15, -0.1) is 0 Å². The van der Waals surface area contributed by atoms with Gasteiger partial charge in [-0.2, -0.15) is 0 Å². The molecule has 0 saturated carbocycles. The summed E-state index contributed by atoms with van der Waals surface area (Å²) >= 11 is 5.47. The van der Waals surface area contributed by atoms with Crippen LogP contribution in [0.2, 0.25) is 0 Å². The number of nitrogens with one attached hydrogen (secondary N) is 1. The Labute approximate surface area is 156 Å². The van der Waals surface area contributed by atoms with E-state index in [1.165, 1.54) is 12.8 Å². The number of benzene rings is 1. The molecule has 0 fully saturated rings. The quantitative estimate of drug-likeness (QED) is 0.551. The van der Waals surface area contributed by atoms with Gasteiger partial charge in [0.05, 0.1) is 12.6 Å². The van der Waals surface area contributed by atoms with Gasteiger partial charge in [-0.1, -0.05) is 31.9 Å². The van der Waals surface area contributed by atoms with E-state index in [1.807, 2.05) is 43.0 Å². The number of allylic oxidation sites excluding steroid dienone is 1. The number of unbranched alkanes of at least 4 members (excludes halogenated alkanes) is 2. The lowest BCUT2D eigenvalue weighted by Crippen LogP contribution is -2.47. The summed E-state index contributed by atoms with van der Waals surface area (Å²) in [5.41, 5.74) is 2.72. The monoisotopic (exact) mass is 360 g/mol. The highest BCUT2D eigenvalue weighted by molar-refractivity contribution is 7.80. The molecule has 0 amide bonds. The SMILES string of the molecule is CCCCCOc1ccc(C2NC(=S)N(CC)C(C)=C2C(C)=O)cc1. The fraction of sp³-hybridized carbons (Fsp3) is 0.500. The zero-order valence-electron chi connectivity index (χ0n) is 15.6. The highest BCUT2D eigenvalue weighted by Crippen LogP contribution is 2.31. The number of thiocarbonyl (C=S) groups is 1. The molecule has 1 aliphatic heterocycles. The summed E-state index contributed by atoms with van der Waals surface area (Å²) in [5.74, 6) is 0.925. The Morgan fingerprint density at radius 2 is 1.92 bits per heavy atom. The zero-order valence-corrected chi connectivity index (χ0v) is 16.4. The Kier molecular flexibility index (Phi) is 7.00. The fourth-order valence-corrected chi connectivity index (χ4v) is 3.55. The van der Waals surface area contributed by atoms with E-state index in [0.717, 1.165) is 42.2 Å². The first kappa shape index (κ1) is 19.4. The second-order valence-electron chi connectivity index (χ2n) is 6.31. The van der Waals surface area contributed by atoms with E-state index in [-0.39, 0.29) is 11.8 Å². The number of rotatable bonds is 8. The van der Waals surface area contributed by atoms with Crippen molar-refractivity contribution in [1.82, 2.24) is 10.2 Å². The third-order valence-electron chi connectivity index (χ3n) is 4.52. The molecule has 0 spiro atoms. The van der Waals surface area contributed by atoms with Gasteiger partial charge in [0.2, 0.25) is 0 Å². The molecule has 1 unspecified atom stereocenters. The van der Waals surface area contributed by atoms with Crippen LogP contribution in [0, 0.1) is 0 Å². The first-order chi connectivity index (χ1) is 12.0. The molecule has 1 aromatic rings. The van der Waals surface area contributed by atoms with Gasteiger partial charge in [-0.25, -0.2) is 0 Å². The summed E-state index contributed by atoms with van der Waals surface area (Å²) < 4.78 is 5.77. The van der Waals surface area contributed by atoms with Crippen molar-refractivity contribution < 1.29 is 9.53 Å². The molecule has 1 atom stereocenters. The largest absolute Gasteiger partial charge is 0.494 e. The Hall–Kier alpha value is -1.88. The predicted octanol–water partition coefficient (Wildman–Crippen LogP) is 4.37. The molecule has 5 heteroatoms. The number of Topliss-reactive ketones (excluding diaryl/α,β-unsaturated/α-hetero) is 1. The smallest absolute Gasteiger partial charge is 0.173 e. The van der Waals surface area contributed by atoms with Crippen LogP contribution < -0.4 is 10.1 Å². The van der Waals surface area contributed by atoms with Gasteiger partial charge in [-0.3, -0.25) is 4.79 Å². The fourth-order valence-electron chi connectivity index (χ4n) is 3.17. The molecule has 0 radical (unpaired) electrons. The topological polar surface area (TPSA) is 41.6 Å². The molecule has 0 saturated heterocycles. The molecule has 0 aliphatic carbocycles. The standard InChI is InChI=1S/C20H28N2O2S/c1-5-7-8-13-24-17-11-9-16(10-12-17)19-18(15(4)23)14(3)22(6-2)20(25)21-19/h9-12,19H,5-8,13H2,1-4H3,(H,21,25). The van der Waals surface area contributed by atoms with Crippen molar-refractivity contribution in [3.63, 3.8) is 0 Å². The van der Waals surface area contributed by atoms with E-state index in [2.05, 4.69) is 12.2 Å². The number of ether oxygens (including phenoxy) is 1. The summed E-state index contributed by atoms with van der Waals surface area (Å²) in [6.07, 6.45) is 3.44. The maximum absolute atomic E-state index is 12.2. The highest BCUT2D eigenvalue weighted by Gasteiger charge is 2.31. The van der Waals surface area contributed by atoms with Crippen LogP contribution in [0.5, 0.6) is 5.75 Å². The van der Waals surface area contributed by atoms with Crippen LogP contribution in [0.25, 0.3) is 0 Å². The minimum atomic E-state index is -0.207. The molecule has 136 valence electrons. The zero-order chi connectivity index (χ0) is 18.4. The molecule has 0 bridgehead atoms. The maximum atomic E-state index is 12.2. The van der Waals surface area contributed by atoms with Gasteiger partial charge in [0, 0.05) is 17.8 Å². The molecule has 1 N–H and O–H groups in total. The third kappa shape index (κ3) is 4.60. The lowest BCUT2D eigenvalue weighted by Gasteiger charge is -2.37. The average Bonchev–Trinajstić information content (AvgIpc) is 2.58. The molecule has 0 aromatic heterocycles. The second kappa shape index (κ2) is 8.99. The summed E-state index contributed by atoms with van der Waals surface area (Å²) in [6.45, 7) is 9.26. The minimum Gasteiger partial charge on any atom is -0.494 e. The second-order valence-corrected chi connectivity index (χ2v) is 6.69. The van der Waals surface area contributed by atoms with Gasteiger partial charge in [0.1, 0.15) is 5.75 Å². The first-order valence-corrected chi connectivity index (χ1v) is 9.42. The van der Waals surface area contributed by atoms with Crippen molar-refractivity contribution in [2.75, 3.05) is 13.2 Å². The van der Waals surface area contributed by atoms with Gasteiger partial charge < -0.3 is 15.0 Å². The van der Waals surface area contributed by atoms with Crippen LogP contribution in [0.3, 0.4) is 0 Å². The lowest BCUT2D eigenvalue weighted by molar-refractivity contribution is -0.114. The molecule has 25 heavy (non-hydrogen) atoms. The average molecular weight is 361 g/mol. The summed E-state index contributed by atoms with van der Waals surface area (Å²) in [6, 6.07) is 7.74. The van der Waals surface area contributed by atoms with E-state index in [4.69, 9.17) is 17.0 Å². The number of hydrogen-bond donors (Lipinski definition) is 1. The Morgan fingerprint density at radius 1 is 1.24 bits per heavy atom. The number of hydrogen-bond acceptors (Lipinski definition) is 3. The van der Waals surface area contributed by atoms with Crippen LogP contribution in [0.4, 0.5) is 0 Å². The van der Waals surface area contributed by atoms with Crippen molar-refractivity contribution in [3.8, 4) is 5.75 Å². The predicted molar refractivity (Wildman–Crippen MR) is 106 cm³/mol. The maximum Gasteiger partial charge on any atom is 0.173 e. The third-order valence-corrected chi connectivity index (χ3v) is 4.86. The van der Waals surface area contributed by atoms with Gasteiger partial charge in [-0.05, 0) is 57.1 Å². The molecule has 2 rings (SSSR count). The minimum absolute atomic E-state index is 0.0656. The van der Waals surface area contributed by atoms with Gasteiger partial charge in [0.25, 0.3) is 0 Å². The van der Waals surface area contributed by atoms with Crippen LogP contribution in [0.1, 0.15) is 58.6 Å². The molecular formula is C20H28N2O2S. The van der Waals surface area contributed by atoms with Crippen molar-refractivity contribution in [3.05, 3.63) is 41.1 Å². The number of carbonyl (C=O) groups excluding carboxylic acids is 1. The van der Waals surface area contributed by atoms with E-state index in [1.54, 1.807) is 6.92 Å². The summed E-state index contributed by atoms with van der Waals surface area (Å²) in [5, 5.41) is 3.97. The van der Waals surface area contributed by atoms with E-state index in [9.17, 15) is 4.79 Å². The van der Waals surface area contributed by atoms with Crippen molar-refractivity contribution >= 4 is 23.1 Å². The number of carbonyl (C=O) groups is 1. The first-order valence-electron chi connectivity index (χ1n) is 9.02. The summed E-state index contributed by atoms with van der Waals surface area (Å²) in [7, 11) is 0. The van der Waals surface area contributed by atoms with Crippen molar-refractivity contribution in [1.29, 1.82) is 0 Å². The van der Waals surface area contributed by atoms with E-state index >= 15 is 0 Å². The van der Waals surface area contributed by atoms with E-state index < -0.39 is 0 Å². The van der Waals surface area contributed by atoms with Crippen LogP contribution in [0.15, 0.2) is 35.5 Å². The molecule has 1 aromatic carbocycles. The molecule has 1 aliphatic rings. The summed E-state index contributed by atoms with van der Waals surface area (Å²) in [4.78, 5) is 14.2. The molecule has 4 nitrogen and oxygen atoms in total.